The van der Waals surface area contributed by atoms with Gasteiger partial charge in [0.1, 0.15) is 5.75 Å². The molecule has 0 saturated heterocycles. The molecule has 138 valence electrons. The van der Waals surface area contributed by atoms with Gasteiger partial charge in [-0.05, 0) is 30.9 Å². The van der Waals surface area contributed by atoms with Gasteiger partial charge in [0.15, 0.2) is 13.2 Å². The van der Waals surface area contributed by atoms with Crippen molar-refractivity contribution in [3.8, 4) is 5.75 Å². The number of ether oxygens (including phenoxy) is 2. The quantitative estimate of drug-likeness (QED) is 0.702. The minimum absolute atomic E-state index is 0.0511. The number of amides is 3. The van der Waals surface area contributed by atoms with Crippen molar-refractivity contribution >= 4 is 17.9 Å². The van der Waals surface area contributed by atoms with Crippen molar-refractivity contribution in [3.63, 3.8) is 0 Å². The van der Waals surface area contributed by atoms with Crippen LogP contribution in [0.5, 0.6) is 5.75 Å². The average Bonchev–Trinajstić information content (AvgIpc) is 2.57. The van der Waals surface area contributed by atoms with E-state index in [0.717, 1.165) is 12.0 Å². The molecule has 0 aliphatic carbocycles. The number of hydrogen-bond acceptors (Lipinski definition) is 5. The van der Waals surface area contributed by atoms with Crippen LogP contribution in [0.15, 0.2) is 24.3 Å². The Bertz CT molecular complexity index is 601. The summed E-state index contributed by atoms with van der Waals surface area (Å²) in [7, 11) is 0. The normalized spacial score (nSPS) is 11.6. The summed E-state index contributed by atoms with van der Waals surface area (Å²) in [6.07, 6.45) is 0.742. The highest BCUT2D eigenvalue weighted by molar-refractivity contribution is 5.95. The van der Waals surface area contributed by atoms with Gasteiger partial charge in [0.2, 0.25) is 0 Å². The van der Waals surface area contributed by atoms with E-state index in [-0.39, 0.29) is 18.6 Å². The van der Waals surface area contributed by atoms with Crippen LogP contribution in [0, 0.1) is 0 Å². The van der Waals surface area contributed by atoms with Gasteiger partial charge >= 0.3 is 12.0 Å². The number of para-hydroxylation sites is 1. The number of carbonyl (C=O) groups is 3. The van der Waals surface area contributed by atoms with E-state index < -0.39 is 24.5 Å². The van der Waals surface area contributed by atoms with Gasteiger partial charge in [0, 0.05) is 6.04 Å². The SMILES string of the molecule is CC[C@@H](C)NC(=O)NC(=O)COC(=O)COc1ccccc1C(C)C. The van der Waals surface area contributed by atoms with Crippen molar-refractivity contribution in [2.24, 2.45) is 0 Å². The molecule has 0 aliphatic rings. The lowest BCUT2D eigenvalue weighted by Crippen LogP contribution is -2.44. The maximum absolute atomic E-state index is 11.7. The number of esters is 1. The Kier molecular flexibility index (Phi) is 8.46. The van der Waals surface area contributed by atoms with Crippen LogP contribution in [-0.4, -0.2) is 37.2 Å². The van der Waals surface area contributed by atoms with Gasteiger partial charge in [-0.15, -0.1) is 0 Å². The third-order valence-electron chi connectivity index (χ3n) is 3.49. The number of nitrogens with one attached hydrogen (secondary N) is 2. The zero-order chi connectivity index (χ0) is 18.8. The van der Waals surface area contributed by atoms with Gasteiger partial charge < -0.3 is 14.8 Å². The van der Waals surface area contributed by atoms with E-state index in [1.807, 2.05) is 45.9 Å². The van der Waals surface area contributed by atoms with Crippen LogP contribution in [0.3, 0.4) is 0 Å². The minimum atomic E-state index is -0.697. The molecule has 0 radical (unpaired) electrons. The lowest BCUT2D eigenvalue weighted by molar-refractivity contribution is -0.150. The van der Waals surface area contributed by atoms with E-state index in [0.29, 0.717) is 5.75 Å². The maximum atomic E-state index is 11.7. The molecule has 0 spiro atoms. The lowest BCUT2D eigenvalue weighted by atomic mass is 10.0. The molecule has 25 heavy (non-hydrogen) atoms. The molecule has 1 atom stereocenters. The first-order valence-corrected chi connectivity index (χ1v) is 8.31. The fraction of sp³-hybridized carbons (Fsp3) is 0.500. The summed E-state index contributed by atoms with van der Waals surface area (Å²) in [5, 5.41) is 4.67. The summed E-state index contributed by atoms with van der Waals surface area (Å²) in [5.74, 6) is -0.526. The Balaban J connectivity index is 2.36. The predicted octanol–water partition coefficient (Wildman–Crippen LogP) is 2.36. The monoisotopic (exact) mass is 350 g/mol. The first-order chi connectivity index (χ1) is 11.8. The fourth-order valence-corrected chi connectivity index (χ4v) is 1.94. The van der Waals surface area contributed by atoms with Gasteiger partial charge in [-0.1, -0.05) is 39.0 Å². The predicted molar refractivity (Wildman–Crippen MR) is 93.4 cm³/mol. The van der Waals surface area contributed by atoms with Crippen molar-refractivity contribution in [2.45, 2.75) is 46.1 Å². The number of hydrogen-bond donors (Lipinski definition) is 2. The number of benzene rings is 1. The molecule has 0 heterocycles. The van der Waals surface area contributed by atoms with E-state index in [9.17, 15) is 14.4 Å². The van der Waals surface area contributed by atoms with E-state index in [4.69, 9.17) is 9.47 Å². The van der Waals surface area contributed by atoms with Crippen LogP contribution in [0.25, 0.3) is 0 Å². The second kappa shape index (κ2) is 10.3. The second-order valence-electron chi connectivity index (χ2n) is 5.97. The summed E-state index contributed by atoms with van der Waals surface area (Å²) in [4.78, 5) is 34.7. The molecule has 3 amide bonds. The van der Waals surface area contributed by atoms with E-state index >= 15 is 0 Å². The van der Waals surface area contributed by atoms with Gasteiger partial charge in [0.25, 0.3) is 5.91 Å². The zero-order valence-electron chi connectivity index (χ0n) is 15.1. The van der Waals surface area contributed by atoms with Crippen LogP contribution < -0.4 is 15.4 Å². The Labute approximate surface area is 148 Å². The van der Waals surface area contributed by atoms with Crippen LogP contribution in [0.2, 0.25) is 0 Å². The van der Waals surface area contributed by atoms with Crippen LogP contribution in [0.4, 0.5) is 4.79 Å². The third-order valence-corrected chi connectivity index (χ3v) is 3.49. The van der Waals surface area contributed by atoms with E-state index in [1.54, 1.807) is 6.07 Å². The van der Waals surface area contributed by atoms with Crippen LogP contribution in [0.1, 0.15) is 45.6 Å². The van der Waals surface area contributed by atoms with Crippen molar-refractivity contribution in [2.75, 3.05) is 13.2 Å². The fourth-order valence-electron chi connectivity index (χ4n) is 1.94. The molecule has 0 bridgehead atoms. The summed E-state index contributed by atoms with van der Waals surface area (Å²) in [6.45, 7) is 6.92. The number of urea groups is 1. The zero-order valence-corrected chi connectivity index (χ0v) is 15.1. The second-order valence-corrected chi connectivity index (χ2v) is 5.97. The lowest BCUT2D eigenvalue weighted by Gasteiger charge is -2.13. The number of imide groups is 1. The molecular formula is C18H26N2O5. The highest BCUT2D eigenvalue weighted by Gasteiger charge is 2.13. The van der Waals surface area contributed by atoms with Crippen LogP contribution in [-0.2, 0) is 14.3 Å². The molecule has 0 saturated carbocycles. The first kappa shape index (κ1) is 20.5. The number of carbonyl (C=O) groups excluding carboxylic acids is 3. The summed E-state index contributed by atoms with van der Waals surface area (Å²) >= 11 is 0. The van der Waals surface area contributed by atoms with E-state index in [2.05, 4.69) is 10.6 Å². The van der Waals surface area contributed by atoms with Crippen molar-refractivity contribution < 1.29 is 23.9 Å². The van der Waals surface area contributed by atoms with Gasteiger partial charge in [-0.2, -0.15) is 0 Å². The highest BCUT2D eigenvalue weighted by Crippen LogP contribution is 2.25. The molecule has 1 aromatic carbocycles. The molecule has 0 aromatic heterocycles. The Hall–Kier alpha value is -2.57. The summed E-state index contributed by atoms with van der Waals surface area (Å²) in [6, 6.07) is 6.75. The molecule has 7 heteroatoms. The van der Waals surface area contributed by atoms with Crippen molar-refractivity contribution in [1.29, 1.82) is 0 Å². The standard InChI is InChI=1S/C18H26N2O5/c1-5-13(4)19-18(23)20-16(21)10-25-17(22)11-24-15-9-7-6-8-14(15)12(2)3/h6-9,12-13H,5,10-11H2,1-4H3,(H2,19,20,21,23)/t13-/m1/s1. The molecule has 2 N–H and O–H groups in total. The van der Waals surface area contributed by atoms with Gasteiger partial charge in [-0.3, -0.25) is 10.1 Å². The van der Waals surface area contributed by atoms with E-state index in [1.165, 1.54) is 0 Å². The third kappa shape index (κ3) is 7.69. The Morgan fingerprint density at radius 2 is 1.76 bits per heavy atom. The smallest absolute Gasteiger partial charge is 0.344 e. The first-order valence-electron chi connectivity index (χ1n) is 8.31. The summed E-state index contributed by atoms with van der Waals surface area (Å²) in [5.41, 5.74) is 0.981. The number of rotatable bonds is 8. The largest absolute Gasteiger partial charge is 0.482 e. The van der Waals surface area contributed by atoms with Crippen molar-refractivity contribution in [3.05, 3.63) is 29.8 Å². The molecule has 1 aromatic rings. The Morgan fingerprint density at radius 3 is 2.40 bits per heavy atom. The van der Waals surface area contributed by atoms with Crippen molar-refractivity contribution in [1.82, 2.24) is 10.6 Å². The molecule has 0 aliphatic heterocycles. The average molecular weight is 350 g/mol. The van der Waals surface area contributed by atoms with Gasteiger partial charge in [0.05, 0.1) is 0 Å². The van der Waals surface area contributed by atoms with Gasteiger partial charge in [-0.25, -0.2) is 9.59 Å². The molecule has 0 unspecified atom stereocenters. The maximum Gasteiger partial charge on any atom is 0.344 e. The minimum Gasteiger partial charge on any atom is -0.482 e. The highest BCUT2D eigenvalue weighted by atomic mass is 16.6. The molecule has 0 fully saturated rings. The Morgan fingerprint density at radius 1 is 1.08 bits per heavy atom. The summed E-state index contributed by atoms with van der Waals surface area (Å²) < 4.78 is 10.3. The molecule has 7 nitrogen and oxygen atoms in total. The van der Waals surface area contributed by atoms with Crippen LogP contribution >= 0.6 is 0 Å². The topological polar surface area (TPSA) is 93.7 Å². The molecular weight excluding hydrogens is 324 g/mol. The molecule has 1 rings (SSSR count).